The molecule has 0 amide bonds. The summed E-state index contributed by atoms with van der Waals surface area (Å²) in [4.78, 5) is 12.4. The van der Waals surface area contributed by atoms with Crippen molar-refractivity contribution >= 4 is 21.9 Å². The van der Waals surface area contributed by atoms with Gasteiger partial charge in [0.15, 0.2) is 0 Å². The van der Waals surface area contributed by atoms with E-state index in [4.69, 9.17) is 15.2 Å². The van der Waals surface area contributed by atoms with E-state index in [1.165, 1.54) is 42.0 Å². The molecular weight excluding hydrogens is 533 g/mol. The molecule has 5 aromatic rings. The minimum Gasteiger partial charge on any atom is -0.327 e. The first-order valence-electron chi connectivity index (χ1n) is 15.4. The molecule has 0 bridgehead atoms. The highest BCUT2D eigenvalue weighted by Crippen LogP contribution is 2.32. The summed E-state index contributed by atoms with van der Waals surface area (Å²) in [6.07, 6.45) is 5.13. The molecule has 0 radical (unpaired) electrons. The second kappa shape index (κ2) is 11.9. The second-order valence-electron chi connectivity index (χ2n) is 13.3. The molecule has 220 valence electrons. The summed E-state index contributed by atoms with van der Waals surface area (Å²) < 4.78 is 16.9. The summed E-state index contributed by atoms with van der Waals surface area (Å²) >= 11 is 0. The maximum absolute atomic E-state index is 14.4. The smallest absolute Gasteiger partial charge is 0.127 e. The van der Waals surface area contributed by atoms with Gasteiger partial charge in [0.05, 0.1) is 34.7 Å². The molecule has 2 heterocycles. The lowest BCUT2D eigenvalue weighted by molar-refractivity contribution is 0.263. The van der Waals surface area contributed by atoms with E-state index in [2.05, 4.69) is 79.8 Å². The van der Waals surface area contributed by atoms with E-state index in [-0.39, 0.29) is 11.2 Å². The fourth-order valence-electron chi connectivity index (χ4n) is 6.03. The zero-order chi connectivity index (χ0) is 30.1. The van der Waals surface area contributed by atoms with Crippen molar-refractivity contribution in [3.8, 4) is 6.07 Å². The number of benzene rings is 3. The Morgan fingerprint density at radius 1 is 0.930 bits per heavy atom. The van der Waals surface area contributed by atoms with E-state index < -0.39 is 0 Å². The van der Waals surface area contributed by atoms with Crippen LogP contribution in [0.3, 0.4) is 0 Å². The van der Waals surface area contributed by atoms with Crippen LogP contribution in [0.1, 0.15) is 73.8 Å². The molecule has 6 rings (SSSR count). The van der Waals surface area contributed by atoms with E-state index in [9.17, 15) is 4.39 Å². The number of hydrogen-bond donors (Lipinski definition) is 0. The summed E-state index contributed by atoms with van der Waals surface area (Å²) in [5, 5.41) is 10.1. The largest absolute Gasteiger partial charge is 0.327 e. The predicted molar refractivity (Wildman–Crippen MR) is 171 cm³/mol. The Morgan fingerprint density at radius 3 is 2.47 bits per heavy atom. The fourth-order valence-corrected chi connectivity index (χ4v) is 6.03. The van der Waals surface area contributed by atoms with Crippen molar-refractivity contribution in [2.75, 3.05) is 7.05 Å². The molecule has 1 fully saturated rings. The second-order valence-corrected chi connectivity index (χ2v) is 13.3. The maximum Gasteiger partial charge on any atom is 0.127 e. The minimum absolute atomic E-state index is 0.0977. The van der Waals surface area contributed by atoms with Gasteiger partial charge in [-0.3, -0.25) is 9.88 Å². The van der Waals surface area contributed by atoms with Crippen LogP contribution in [0.2, 0.25) is 0 Å². The van der Waals surface area contributed by atoms with Gasteiger partial charge in [-0.1, -0.05) is 57.5 Å². The lowest BCUT2D eigenvalue weighted by atomic mass is 9.85. The molecule has 2 aromatic heterocycles. The highest BCUT2D eigenvalue weighted by atomic mass is 19.1. The highest BCUT2D eigenvalue weighted by molar-refractivity contribution is 5.79. The summed E-state index contributed by atoms with van der Waals surface area (Å²) in [6.45, 7) is 9.42. The van der Waals surface area contributed by atoms with E-state index in [0.717, 1.165) is 53.5 Å². The van der Waals surface area contributed by atoms with Gasteiger partial charge in [0.1, 0.15) is 11.6 Å². The molecule has 1 aliphatic carbocycles. The summed E-state index contributed by atoms with van der Waals surface area (Å²) in [5.74, 6) is 1.54. The van der Waals surface area contributed by atoms with Gasteiger partial charge >= 0.3 is 0 Å². The lowest BCUT2D eigenvalue weighted by Crippen LogP contribution is -2.23. The van der Waals surface area contributed by atoms with Crippen LogP contribution in [0, 0.1) is 23.1 Å². The summed E-state index contributed by atoms with van der Waals surface area (Å²) in [5.41, 5.74) is 7.82. The van der Waals surface area contributed by atoms with Crippen molar-refractivity contribution in [1.29, 1.82) is 5.26 Å². The Hall–Kier alpha value is -4.08. The number of rotatable bonds is 9. The average molecular weight is 574 g/mol. The first-order chi connectivity index (χ1) is 20.7. The predicted octanol–water partition coefficient (Wildman–Crippen LogP) is 8.11. The van der Waals surface area contributed by atoms with Crippen LogP contribution in [-0.4, -0.2) is 26.5 Å². The van der Waals surface area contributed by atoms with Gasteiger partial charge in [0.2, 0.25) is 0 Å². The van der Waals surface area contributed by atoms with Gasteiger partial charge in [-0.25, -0.2) is 9.37 Å². The third-order valence-electron chi connectivity index (χ3n) is 8.87. The molecule has 0 atom stereocenters. The van der Waals surface area contributed by atoms with E-state index in [0.29, 0.717) is 24.0 Å². The Morgan fingerprint density at radius 2 is 1.74 bits per heavy atom. The Balaban J connectivity index is 1.18. The Bertz CT molecular complexity index is 1820. The minimum atomic E-state index is -0.332. The number of pyridine rings is 1. The van der Waals surface area contributed by atoms with Crippen molar-refractivity contribution in [2.45, 2.75) is 77.9 Å². The number of fused-ring (bicyclic) bond motifs is 2. The molecule has 1 aliphatic rings. The molecular formula is C37H40FN5. The van der Waals surface area contributed by atoms with Crippen LogP contribution >= 0.6 is 0 Å². The SMILES string of the molecule is CN(Cc1ccc2ccc(CCc3ccc(C#N)cc3F)nc2c1)Cc1nc2ccc(C(C)(C)C)cc2n1CC1CCC1. The van der Waals surface area contributed by atoms with Crippen LogP contribution in [-0.2, 0) is 37.9 Å². The fraction of sp³-hybridized carbons (Fsp3) is 0.378. The van der Waals surface area contributed by atoms with Crippen LogP contribution in [0.5, 0.6) is 0 Å². The van der Waals surface area contributed by atoms with Crippen molar-refractivity contribution < 1.29 is 4.39 Å². The summed E-state index contributed by atoms with van der Waals surface area (Å²) in [7, 11) is 2.16. The van der Waals surface area contributed by atoms with Gasteiger partial charge in [-0.15, -0.1) is 0 Å². The summed E-state index contributed by atoms with van der Waals surface area (Å²) in [6, 6.07) is 24.0. The Labute approximate surface area is 254 Å². The van der Waals surface area contributed by atoms with Gasteiger partial charge in [-0.2, -0.15) is 5.26 Å². The molecule has 0 saturated heterocycles. The number of nitriles is 1. The van der Waals surface area contributed by atoms with Crippen LogP contribution in [0.15, 0.2) is 66.7 Å². The first-order valence-corrected chi connectivity index (χ1v) is 15.4. The molecule has 3 aromatic carbocycles. The van der Waals surface area contributed by atoms with Crippen LogP contribution in [0.25, 0.3) is 21.9 Å². The normalized spacial score (nSPS) is 14.0. The van der Waals surface area contributed by atoms with Crippen LogP contribution < -0.4 is 0 Å². The zero-order valence-corrected chi connectivity index (χ0v) is 25.7. The van der Waals surface area contributed by atoms with E-state index >= 15 is 0 Å². The lowest BCUT2D eigenvalue weighted by Gasteiger charge is -2.27. The molecule has 0 N–H and O–H groups in total. The van der Waals surface area contributed by atoms with Crippen molar-refractivity contribution in [2.24, 2.45) is 5.92 Å². The quantitative estimate of drug-likeness (QED) is 0.179. The van der Waals surface area contributed by atoms with Crippen LogP contribution in [0.4, 0.5) is 4.39 Å². The molecule has 1 saturated carbocycles. The topological polar surface area (TPSA) is 57.7 Å². The molecule has 43 heavy (non-hydrogen) atoms. The zero-order valence-electron chi connectivity index (χ0n) is 25.7. The first kappa shape index (κ1) is 29.0. The molecule has 0 unspecified atom stereocenters. The molecule has 5 nitrogen and oxygen atoms in total. The number of nitrogens with zero attached hydrogens (tertiary/aromatic N) is 5. The van der Waals surface area contributed by atoms with E-state index in [1.54, 1.807) is 12.1 Å². The van der Waals surface area contributed by atoms with E-state index in [1.807, 2.05) is 12.1 Å². The number of halogens is 1. The van der Waals surface area contributed by atoms with Gasteiger partial charge in [0, 0.05) is 24.2 Å². The van der Waals surface area contributed by atoms with Gasteiger partial charge in [0.25, 0.3) is 0 Å². The molecule has 6 heteroatoms. The standard InChI is InChI=1S/C37H40FN5/c1-37(2,3)30-14-17-33-35(20-30)43(23-25-6-5-7-25)36(41-33)24-42(4)22-27-9-11-29-13-16-31(40-34(29)19-27)15-12-28-10-8-26(21-39)18-32(28)38/h8-11,13-14,16-20,25H,5-7,12,15,22-24H2,1-4H3. The van der Waals surface area contributed by atoms with Crippen molar-refractivity contribution in [3.63, 3.8) is 0 Å². The third kappa shape index (κ3) is 6.48. The average Bonchev–Trinajstić information content (AvgIpc) is 3.29. The van der Waals surface area contributed by atoms with Crippen molar-refractivity contribution in [1.82, 2.24) is 19.4 Å². The van der Waals surface area contributed by atoms with Crippen molar-refractivity contribution in [3.05, 3.63) is 106 Å². The number of hydrogen-bond acceptors (Lipinski definition) is 4. The maximum atomic E-state index is 14.4. The molecule has 0 spiro atoms. The monoisotopic (exact) mass is 573 g/mol. The number of aryl methyl sites for hydroxylation is 2. The number of aromatic nitrogens is 3. The Kier molecular flexibility index (Phi) is 8.03. The third-order valence-corrected chi connectivity index (χ3v) is 8.87. The molecule has 0 aliphatic heterocycles. The number of imidazole rings is 1. The van der Waals surface area contributed by atoms with Gasteiger partial charge in [-0.05, 0) is 97.2 Å². The highest BCUT2D eigenvalue weighted by Gasteiger charge is 2.23. The van der Waals surface area contributed by atoms with Gasteiger partial charge < -0.3 is 4.57 Å².